The minimum atomic E-state index is -0.185. The number of aryl methyl sites for hydroxylation is 1. The summed E-state index contributed by atoms with van der Waals surface area (Å²) in [5.74, 6) is -0.0999. The van der Waals surface area contributed by atoms with E-state index >= 15 is 0 Å². The van der Waals surface area contributed by atoms with E-state index in [0.717, 1.165) is 22.2 Å². The lowest BCUT2D eigenvalue weighted by molar-refractivity contribution is -0.123. The van der Waals surface area contributed by atoms with Crippen LogP contribution in [0.1, 0.15) is 12.0 Å². The van der Waals surface area contributed by atoms with E-state index in [-0.39, 0.29) is 35.5 Å². The van der Waals surface area contributed by atoms with Gasteiger partial charge in [0.05, 0.1) is 22.1 Å². The van der Waals surface area contributed by atoms with Crippen molar-refractivity contribution in [3.63, 3.8) is 0 Å². The molecule has 3 aliphatic rings. The van der Waals surface area contributed by atoms with Gasteiger partial charge in [-0.1, -0.05) is 35.1 Å². The lowest BCUT2D eigenvalue weighted by atomic mass is 9.85. The van der Waals surface area contributed by atoms with E-state index in [1.54, 1.807) is 6.07 Å². The van der Waals surface area contributed by atoms with Crippen molar-refractivity contribution in [2.24, 2.45) is 23.7 Å². The standard InChI is InChI=1S/C17H13ClN2O2S/c1-7-4-12-11(6-10(7)18)19-17(23-12)20-15(21)13-8-2-3-9(5-8)14(13)16(20)22/h2-4,6,8-9,13-14H,5H2,1H3/t8-,9+,13+,14-. The minimum absolute atomic E-state index is 0.0845. The Balaban J connectivity index is 1.60. The van der Waals surface area contributed by atoms with Gasteiger partial charge in [-0.15, -0.1) is 0 Å². The average molecular weight is 345 g/mol. The first-order valence-electron chi connectivity index (χ1n) is 7.67. The molecule has 0 N–H and O–H groups in total. The Morgan fingerprint density at radius 1 is 1.17 bits per heavy atom. The van der Waals surface area contributed by atoms with Crippen molar-refractivity contribution >= 4 is 50.1 Å². The van der Waals surface area contributed by atoms with Gasteiger partial charge < -0.3 is 0 Å². The number of rotatable bonds is 1. The fraction of sp³-hybridized carbons (Fsp3) is 0.353. The molecule has 1 aliphatic heterocycles. The van der Waals surface area contributed by atoms with Gasteiger partial charge in [-0.3, -0.25) is 9.59 Å². The smallest absolute Gasteiger partial charge is 0.240 e. The molecule has 1 aromatic heterocycles. The van der Waals surface area contributed by atoms with Crippen molar-refractivity contribution in [2.45, 2.75) is 13.3 Å². The van der Waals surface area contributed by atoms with Crippen molar-refractivity contribution in [2.75, 3.05) is 4.90 Å². The predicted octanol–water partition coefficient (Wildman–Crippen LogP) is 3.57. The van der Waals surface area contributed by atoms with Crippen molar-refractivity contribution < 1.29 is 9.59 Å². The van der Waals surface area contributed by atoms with E-state index in [2.05, 4.69) is 17.1 Å². The van der Waals surface area contributed by atoms with E-state index in [1.807, 2.05) is 13.0 Å². The van der Waals surface area contributed by atoms with Gasteiger partial charge in [0.2, 0.25) is 11.8 Å². The maximum atomic E-state index is 12.8. The molecule has 0 unspecified atom stereocenters. The lowest BCUT2D eigenvalue weighted by Crippen LogP contribution is -2.32. The van der Waals surface area contributed by atoms with Gasteiger partial charge in [-0.2, -0.15) is 0 Å². The number of imide groups is 1. The SMILES string of the molecule is Cc1cc2sc(N3C(=O)[C@@H]4[C@H](C3=O)[C@H]3C=C[C@@H]4C3)nc2cc1Cl. The van der Waals surface area contributed by atoms with Crippen LogP contribution in [0.2, 0.25) is 5.02 Å². The fourth-order valence-corrected chi connectivity index (χ4v) is 5.44. The zero-order valence-corrected chi connectivity index (χ0v) is 13.9. The molecule has 4 nitrogen and oxygen atoms in total. The molecule has 2 aromatic rings. The lowest BCUT2D eigenvalue weighted by Gasteiger charge is -2.14. The van der Waals surface area contributed by atoms with Gasteiger partial charge in [-0.05, 0) is 42.9 Å². The van der Waals surface area contributed by atoms with E-state index in [0.29, 0.717) is 10.2 Å². The van der Waals surface area contributed by atoms with Crippen LogP contribution in [0.25, 0.3) is 10.2 Å². The number of hydrogen-bond donors (Lipinski definition) is 0. The number of fused-ring (bicyclic) bond motifs is 6. The molecule has 6 heteroatoms. The van der Waals surface area contributed by atoms with Crippen LogP contribution in [0.15, 0.2) is 24.3 Å². The molecule has 2 amide bonds. The molecule has 2 heterocycles. The average Bonchev–Trinajstić information content (AvgIpc) is 3.24. The molecule has 0 radical (unpaired) electrons. The van der Waals surface area contributed by atoms with Crippen LogP contribution in [0.5, 0.6) is 0 Å². The van der Waals surface area contributed by atoms with Gasteiger partial charge in [-0.25, -0.2) is 9.88 Å². The third kappa shape index (κ3) is 1.69. The van der Waals surface area contributed by atoms with E-state index in [9.17, 15) is 9.59 Å². The molecule has 5 rings (SSSR count). The maximum absolute atomic E-state index is 12.8. The molecular weight excluding hydrogens is 332 g/mol. The molecule has 2 fully saturated rings. The van der Waals surface area contributed by atoms with Gasteiger partial charge >= 0.3 is 0 Å². The van der Waals surface area contributed by atoms with Gasteiger partial charge in [0.25, 0.3) is 0 Å². The highest BCUT2D eigenvalue weighted by molar-refractivity contribution is 7.22. The van der Waals surface area contributed by atoms with Crippen molar-refractivity contribution in [3.8, 4) is 0 Å². The number of anilines is 1. The summed E-state index contributed by atoms with van der Waals surface area (Å²) in [6.45, 7) is 1.93. The molecular formula is C17H13ClN2O2S. The van der Waals surface area contributed by atoms with Gasteiger partial charge in [0.15, 0.2) is 5.13 Å². The summed E-state index contributed by atoms with van der Waals surface area (Å²) < 4.78 is 0.945. The number of carbonyl (C=O) groups excluding carboxylic acids is 2. The molecule has 2 aliphatic carbocycles. The van der Waals surface area contributed by atoms with Crippen LogP contribution in [0, 0.1) is 30.6 Å². The van der Waals surface area contributed by atoms with Crippen LogP contribution in [0.4, 0.5) is 5.13 Å². The first-order chi connectivity index (χ1) is 11.0. The summed E-state index contributed by atoms with van der Waals surface area (Å²) in [6, 6.07) is 3.75. The highest BCUT2D eigenvalue weighted by atomic mass is 35.5. The van der Waals surface area contributed by atoms with Crippen LogP contribution < -0.4 is 4.90 Å². The summed E-state index contributed by atoms with van der Waals surface area (Å²) in [5, 5.41) is 1.12. The molecule has 1 aromatic carbocycles. The first-order valence-corrected chi connectivity index (χ1v) is 8.87. The molecule has 23 heavy (non-hydrogen) atoms. The van der Waals surface area contributed by atoms with E-state index in [4.69, 9.17) is 11.6 Å². The van der Waals surface area contributed by atoms with Crippen LogP contribution in [-0.4, -0.2) is 16.8 Å². The third-order valence-corrected chi connectivity index (χ3v) is 6.73. The summed E-state index contributed by atoms with van der Waals surface area (Å²) in [6.07, 6.45) is 5.14. The van der Waals surface area contributed by atoms with Gasteiger partial charge in [0, 0.05) is 5.02 Å². The fourth-order valence-electron chi connectivity index (χ4n) is 4.22. The molecule has 1 saturated carbocycles. The largest absolute Gasteiger partial charge is 0.274 e. The molecule has 4 atom stereocenters. The Bertz CT molecular complexity index is 850. The highest BCUT2D eigenvalue weighted by Crippen LogP contribution is 2.53. The summed E-state index contributed by atoms with van der Waals surface area (Å²) in [4.78, 5) is 31.4. The van der Waals surface area contributed by atoms with Crippen LogP contribution in [0.3, 0.4) is 0 Å². The topological polar surface area (TPSA) is 50.3 Å². The number of halogens is 1. The Labute approximate surface area is 141 Å². The Morgan fingerprint density at radius 2 is 1.83 bits per heavy atom. The molecule has 1 saturated heterocycles. The number of hydrogen-bond acceptors (Lipinski definition) is 4. The number of amides is 2. The third-order valence-electron chi connectivity index (χ3n) is 5.32. The number of nitrogens with zero attached hydrogens (tertiary/aromatic N) is 2. The Kier molecular flexibility index (Phi) is 2.63. The van der Waals surface area contributed by atoms with Crippen molar-refractivity contribution in [3.05, 3.63) is 34.9 Å². The quantitative estimate of drug-likeness (QED) is 0.587. The van der Waals surface area contributed by atoms with Crippen LogP contribution >= 0.6 is 22.9 Å². The van der Waals surface area contributed by atoms with Crippen LogP contribution in [-0.2, 0) is 9.59 Å². The number of thiazole rings is 1. The Hall–Kier alpha value is -1.72. The molecule has 116 valence electrons. The second-order valence-electron chi connectivity index (χ2n) is 6.58. The second kappa shape index (κ2) is 4.42. The summed E-state index contributed by atoms with van der Waals surface area (Å²) in [5.41, 5.74) is 1.70. The zero-order chi connectivity index (χ0) is 15.9. The van der Waals surface area contributed by atoms with Gasteiger partial charge in [0.1, 0.15) is 0 Å². The van der Waals surface area contributed by atoms with E-state index < -0.39 is 0 Å². The first kappa shape index (κ1) is 13.7. The zero-order valence-electron chi connectivity index (χ0n) is 12.3. The number of benzene rings is 1. The highest BCUT2D eigenvalue weighted by Gasteiger charge is 2.60. The van der Waals surface area contributed by atoms with Crippen molar-refractivity contribution in [1.82, 2.24) is 4.98 Å². The normalized spacial score (nSPS) is 31.7. The molecule has 0 spiro atoms. The van der Waals surface area contributed by atoms with Crippen molar-refractivity contribution in [1.29, 1.82) is 0 Å². The predicted molar refractivity (Wildman–Crippen MR) is 89.6 cm³/mol. The molecule has 2 bridgehead atoms. The Morgan fingerprint density at radius 3 is 2.48 bits per heavy atom. The minimum Gasteiger partial charge on any atom is -0.274 e. The number of carbonyl (C=O) groups is 2. The summed E-state index contributed by atoms with van der Waals surface area (Å²) in [7, 11) is 0. The van der Waals surface area contributed by atoms with E-state index in [1.165, 1.54) is 16.2 Å². The second-order valence-corrected chi connectivity index (χ2v) is 7.99. The maximum Gasteiger partial charge on any atom is 0.240 e. The number of allylic oxidation sites excluding steroid dienone is 2. The number of aromatic nitrogens is 1. The summed E-state index contributed by atoms with van der Waals surface area (Å²) >= 11 is 7.53. The monoisotopic (exact) mass is 344 g/mol.